The zero-order chi connectivity index (χ0) is 54.4. The maximum Gasteiger partial charge on any atom is 0.410 e. The molecule has 3 saturated heterocycles. The first kappa shape index (κ1) is 60.1. The average molecular weight is 1020 g/mol. The van der Waals surface area contributed by atoms with Gasteiger partial charge in [-0.25, -0.2) is 28.8 Å². The van der Waals surface area contributed by atoms with Crippen molar-refractivity contribution < 1.29 is 81.7 Å². The van der Waals surface area contributed by atoms with Crippen molar-refractivity contribution in [3.8, 4) is 0 Å². The predicted molar refractivity (Wildman–Crippen MR) is 257 cm³/mol. The highest BCUT2D eigenvalue weighted by Crippen LogP contribution is 2.34. The number of aliphatic hydroxyl groups is 1. The highest BCUT2D eigenvalue weighted by molar-refractivity contribution is 5.96. The first-order valence-electron chi connectivity index (χ1n) is 24.2. The number of hydrogen-bond donors (Lipinski definition) is 2. The number of aromatic nitrogens is 1. The van der Waals surface area contributed by atoms with E-state index in [-0.39, 0.29) is 50.0 Å². The maximum atomic E-state index is 12.1. The molecule has 3 fully saturated rings. The van der Waals surface area contributed by atoms with E-state index in [4.69, 9.17) is 43.0 Å². The average Bonchev–Trinajstić information content (AvgIpc) is 3.86. The van der Waals surface area contributed by atoms with Crippen molar-refractivity contribution in [1.82, 2.24) is 24.8 Å². The number of esters is 2. The van der Waals surface area contributed by atoms with Crippen LogP contribution in [0, 0.1) is 5.92 Å². The van der Waals surface area contributed by atoms with Crippen molar-refractivity contribution in [3.05, 3.63) is 17.0 Å². The molecule has 6 heterocycles. The van der Waals surface area contributed by atoms with Gasteiger partial charge in [0, 0.05) is 89.9 Å². The van der Waals surface area contributed by atoms with Crippen LogP contribution in [0.2, 0.25) is 0 Å². The lowest BCUT2D eigenvalue weighted by atomic mass is 9.88. The molecule has 4 amide bonds. The quantitative estimate of drug-likeness (QED) is 0.142. The third-order valence-electron chi connectivity index (χ3n) is 10.5. The van der Waals surface area contributed by atoms with Gasteiger partial charge in [0.15, 0.2) is 0 Å². The summed E-state index contributed by atoms with van der Waals surface area (Å²) in [5.74, 6) is -4.08. The van der Waals surface area contributed by atoms with Gasteiger partial charge in [-0.2, -0.15) is 0 Å². The second-order valence-electron chi connectivity index (χ2n) is 21.3. The highest BCUT2D eigenvalue weighted by Gasteiger charge is 2.57. The minimum absolute atomic E-state index is 0.0695. The topological polar surface area (TPSA) is 288 Å². The van der Waals surface area contributed by atoms with Gasteiger partial charge in [-0.15, -0.1) is 0 Å². The molecule has 24 nitrogen and oxygen atoms in total. The lowest BCUT2D eigenvalue weighted by Crippen LogP contribution is -2.56. The summed E-state index contributed by atoms with van der Waals surface area (Å²) in [5.41, 5.74) is 0.500. The van der Waals surface area contributed by atoms with E-state index in [0.29, 0.717) is 94.8 Å². The fourth-order valence-electron chi connectivity index (χ4n) is 7.09. The minimum atomic E-state index is -2.17. The molecule has 1 aromatic rings. The van der Waals surface area contributed by atoms with Crippen LogP contribution in [0.4, 0.5) is 19.2 Å². The zero-order valence-electron chi connectivity index (χ0n) is 44.5. The molecule has 0 radical (unpaired) electrons. The monoisotopic (exact) mass is 1020 g/mol. The van der Waals surface area contributed by atoms with Crippen LogP contribution in [-0.4, -0.2) is 176 Å². The summed E-state index contributed by atoms with van der Waals surface area (Å²) < 4.78 is 35.9. The molecule has 0 bridgehead atoms. The molecule has 0 spiro atoms. The van der Waals surface area contributed by atoms with Crippen LogP contribution in [-0.2, 0) is 55.8 Å². The Hall–Kier alpha value is -6.20. The fraction of sp³-hybridized carbons (Fsp3) is 0.750. The summed E-state index contributed by atoms with van der Waals surface area (Å²) in [6.07, 6.45) is 1.57. The molecular weight excluding hydrogens is 947 g/mol. The van der Waals surface area contributed by atoms with E-state index in [2.05, 4.69) is 15.5 Å². The standard InChI is InChI=1S/C14H22N2O6.C14H20N2O5.C10H18N2O3.C10H17NO3/c1-5-20-11(17)14(19)9-8-16(7-6-10(9)15-22-14)12(18)21-13(2,3)4;1-5-19-12(17)11-9-8-16(7-6-10(9)15-21-11)13(18)20-14(2,3)4;1-10(2,3)15-9(13)12-6-4-8(11-14)5-7-12;1-10(2,3)14-9(13)11-6-4-8(12)5-7-11/h9,19H,5-8H2,1-4H3;5-8H2,1-4H3;14H,4-7H2,1-3H3;4-7H2,1-3H3. The zero-order valence-corrected chi connectivity index (χ0v) is 44.5. The number of rotatable bonds is 4. The number of ketones is 1. The number of carbonyl (C=O) groups is 7. The van der Waals surface area contributed by atoms with Crippen LogP contribution in [0.1, 0.15) is 151 Å². The third-order valence-corrected chi connectivity index (χ3v) is 10.5. The van der Waals surface area contributed by atoms with Gasteiger partial charge in [-0.05, 0) is 96.9 Å². The summed E-state index contributed by atoms with van der Waals surface area (Å²) in [7, 11) is 0. The number of carbonyl (C=O) groups excluding carboxylic acids is 7. The minimum Gasteiger partial charge on any atom is -0.461 e. The van der Waals surface area contributed by atoms with Crippen molar-refractivity contribution in [2.24, 2.45) is 16.2 Å². The summed E-state index contributed by atoms with van der Waals surface area (Å²) in [5, 5.41) is 29.8. The summed E-state index contributed by atoms with van der Waals surface area (Å²) in [6.45, 7) is 28.8. The Balaban J connectivity index is 0.000000258. The molecule has 1 aromatic heterocycles. The van der Waals surface area contributed by atoms with Gasteiger partial charge in [-0.3, -0.25) is 4.79 Å². The van der Waals surface area contributed by atoms with E-state index < -0.39 is 58.2 Å². The number of fused-ring (bicyclic) bond motifs is 2. The Morgan fingerprint density at radius 2 is 1.07 bits per heavy atom. The SMILES string of the molecule is CC(C)(C)OC(=O)N1CCC(=NO)CC1.CC(C)(C)OC(=O)N1CCC(=O)CC1.CCOC(=O)C1(O)ON=C2CCN(C(=O)OC(C)(C)C)CC21.CCOC(=O)c1onc2c1CN(C(=O)OC(C)(C)C)CC2. The molecule has 6 rings (SSSR count). The van der Waals surface area contributed by atoms with Crippen LogP contribution in [0.3, 0.4) is 0 Å². The third kappa shape index (κ3) is 19.1. The van der Waals surface area contributed by atoms with Crippen LogP contribution >= 0.6 is 0 Å². The molecule has 0 saturated carbocycles. The van der Waals surface area contributed by atoms with E-state index in [1.165, 1.54) is 9.80 Å². The van der Waals surface area contributed by atoms with E-state index >= 15 is 0 Å². The first-order valence-corrected chi connectivity index (χ1v) is 24.2. The van der Waals surface area contributed by atoms with Gasteiger partial charge in [0.2, 0.25) is 5.76 Å². The number of piperidine rings is 3. The van der Waals surface area contributed by atoms with Gasteiger partial charge in [0.05, 0.1) is 42.8 Å². The summed E-state index contributed by atoms with van der Waals surface area (Å²) >= 11 is 0. The molecule has 2 unspecified atom stereocenters. The lowest BCUT2D eigenvalue weighted by molar-refractivity contribution is -0.232. The number of ether oxygens (including phenoxy) is 6. The molecule has 2 N–H and O–H groups in total. The van der Waals surface area contributed by atoms with E-state index in [1.807, 2.05) is 62.3 Å². The Morgan fingerprint density at radius 3 is 1.53 bits per heavy atom. The molecule has 5 aliphatic heterocycles. The van der Waals surface area contributed by atoms with E-state index in [0.717, 1.165) is 5.71 Å². The summed E-state index contributed by atoms with van der Waals surface area (Å²) in [6, 6.07) is 0. The Bertz CT molecular complexity index is 2110. The Morgan fingerprint density at radius 1 is 0.639 bits per heavy atom. The van der Waals surface area contributed by atoms with Gasteiger partial charge in [0.25, 0.3) is 0 Å². The number of hydrogen-bond acceptors (Lipinski definition) is 20. The fourth-order valence-corrected chi connectivity index (χ4v) is 7.09. The molecule has 24 heteroatoms. The van der Waals surface area contributed by atoms with Crippen LogP contribution in [0.15, 0.2) is 14.8 Å². The number of amides is 4. The molecule has 0 aliphatic carbocycles. The second kappa shape index (κ2) is 25.5. The lowest BCUT2D eigenvalue weighted by Gasteiger charge is -2.35. The predicted octanol–water partition coefficient (Wildman–Crippen LogP) is 6.46. The van der Waals surface area contributed by atoms with Gasteiger partial charge in [0.1, 0.15) is 28.2 Å². The van der Waals surface area contributed by atoms with Crippen molar-refractivity contribution in [3.63, 3.8) is 0 Å². The van der Waals surface area contributed by atoms with Gasteiger partial charge >= 0.3 is 42.1 Å². The number of likely N-dealkylation sites (tertiary alicyclic amines) is 3. The van der Waals surface area contributed by atoms with Gasteiger partial charge < -0.3 is 67.7 Å². The molecule has 406 valence electrons. The normalized spacial score (nSPS) is 19.9. The van der Waals surface area contributed by atoms with Crippen LogP contribution < -0.4 is 0 Å². The smallest absolute Gasteiger partial charge is 0.410 e. The van der Waals surface area contributed by atoms with Gasteiger partial charge in [-0.1, -0.05) is 15.5 Å². The Labute approximate surface area is 421 Å². The second-order valence-corrected chi connectivity index (χ2v) is 21.3. The largest absolute Gasteiger partial charge is 0.461 e. The van der Waals surface area contributed by atoms with Crippen molar-refractivity contribution >= 4 is 53.5 Å². The molecule has 72 heavy (non-hydrogen) atoms. The number of nitrogens with zero attached hydrogens (tertiary/aromatic N) is 7. The van der Waals surface area contributed by atoms with Crippen molar-refractivity contribution in [2.45, 2.75) is 170 Å². The van der Waals surface area contributed by atoms with Crippen LogP contribution in [0.5, 0.6) is 0 Å². The summed E-state index contributed by atoms with van der Waals surface area (Å²) in [4.78, 5) is 93.1. The maximum absolute atomic E-state index is 12.1. The van der Waals surface area contributed by atoms with E-state index in [1.54, 1.807) is 44.4 Å². The number of oxime groups is 2. The first-order chi connectivity index (χ1) is 33.3. The van der Waals surface area contributed by atoms with E-state index in [9.17, 15) is 38.7 Å². The molecule has 0 aromatic carbocycles. The molecular formula is C48H77N7O17. The number of Topliss-reactive ketones (excluding diaryl/α,β-unsaturated/α-hetero) is 1. The highest BCUT2D eigenvalue weighted by atomic mass is 16.8. The van der Waals surface area contributed by atoms with Crippen LogP contribution in [0.25, 0.3) is 0 Å². The Kier molecular flexibility index (Phi) is 21.2. The molecule has 5 aliphatic rings. The molecule has 2 atom stereocenters. The van der Waals surface area contributed by atoms with Crippen molar-refractivity contribution in [2.75, 3.05) is 59.0 Å². The van der Waals surface area contributed by atoms with Crippen molar-refractivity contribution in [1.29, 1.82) is 0 Å².